The Morgan fingerprint density at radius 1 is 0.963 bits per heavy atom. The van der Waals surface area contributed by atoms with Crippen molar-refractivity contribution < 1.29 is 9.50 Å². The minimum absolute atomic E-state index is 0.212. The largest absolute Gasteiger partial charge is 0.395 e. The molecule has 0 atom stereocenters. The summed E-state index contributed by atoms with van der Waals surface area (Å²) in [4.78, 5) is 2.30. The third-order valence-electron chi connectivity index (χ3n) is 5.16. The van der Waals surface area contributed by atoms with Crippen molar-refractivity contribution in [1.29, 1.82) is 0 Å². The fraction of sp³-hybridized carbons (Fsp3) is 0.391. The number of fused-ring (bicyclic) bond motifs is 1. The molecule has 4 heteroatoms. The number of hydrogen-bond donors (Lipinski definition) is 1. The van der Waals surface area contributed by atoms with E-state index in [9.17, 15) is 4.39 Å². The van der Waals surface area contributed by atoms with E-state index in [0.717, 1.165) is 37.3 Å². The maximum Gasteiger partial charge on any atom is 0.123 e. The summed E-state index contributed by atoms with van der Waals surface area (Å²) in [5.41, 5.74) is 3.48. The first-order chi connectivity index (χ1) is 13.2. The van der Waals surface area contributed by atoms with E-state index in [4.69, 9.17) is 5.11 Å². The van der Waals surface area contributed by atoms with Crippen LogP contribution >= 0.6 is 0 Å². The van der Waals surface area contributed by atoms with Gasteiger partial charge in [-0.25, -0.2) is 4.39 Å². The number of halogens is 1. The van der Waals surface area contributed by atoms with Gasteiger partial charge in [0.25, 0.3) is 0 Å². The van der Waals surface area contributed by atoms with E-state index in [1.54, 1.807) is 12.1 Å². The van der Waals surface area contributed by atoms with Gasteiger partial charge in [0.05, 0.1) is 12.1 Å². The van der Waals surface area contributed by atoms with Gasteiger partial charge in [-0.3, -0.25) is 0 Å². The van der Waals surface area contributed by atoms with Gasteiger partial charge in [0, 0.05) is 23.8 Å². The first-order valence-corrected chi connectivity index (χ1v) is 9.90. The van der Waals surface area contributed by atoms with Gasteiger partial charge >= 0.3 is 0 Å². The minimum Gasteiger partial charge on any atom is -0.395 e. The van der Waals surface area contributed by atoms with E-state index in [1.807, 2.05) is 6.20 Å². The highest BCUT2D eigenvalue weighted by molar-refractivity contribution is 5.82. The summed E-state index contributed by atoms with van der Waals surface area (Å²) in [5, 5.41) is 10.3. The number of benzene rings is 2. The molecule has 0 radical (unpaired) electrons. The molecule has 0 saturated carbocycles. The van der Waals surface area contributed by atoms with Crippen LogP contribution in [0.3, 0.4) is 0 Å². The van der Waals surface area contributed by atoms with Gasteiger partial charge in [0.2, 0.25) is 0 Å². The van der Waals surface area contributed by atoms with Crippen LogP contribution in [0, 0.1) is 5.82 Å². The highest BCUT2D eigenvalue weighted by atomic mass is 19.1. The summed E-state index contributed by atoms with van der Waals surface area (Å²) < 4.78 is 15.2. The van der Waals surface area contributed by atoms with Gasteiger partial charge in [0.1, 0.15) is 5.82 Å². The smallest absolute Gasteiger partial charge is 0.123 e. The molecule has 0 spiro atoms. The van der Waals surface area contributed by atoms with Crippen LogP contribution in [0.2, 0.25) is 0 Å². The van der Waals surface area contributed by atoms with Gasteiger partial charge in [-0.05, 0) is 80.4 Å². The summed E-state index contributed by atoms with van der Waals surface area (Å²) in [7, 11) is 0. The molecule has 0 bridgehead atoms. The second-order valence-corrected chi connectivity index (χ2v) is 7.02. The molecule has 27 heavy (non-hydrogen) atoms. The second-order valence-electron chi connectivity index (χ2n) is 7.02. The Morgan fingerprint density at radius 2 is 1.78 bits per heavy atom. The molecule has 0 amide bonds. The monoisotopic (exact) mass is 368 g/mol. The second kappa shape index (κ2) is 9.67. The summed E-state index contributed by atoms with van der Waals surface area (Å²) in [6.07, 6.45) is 6.69. The van der Waals surface area contributed by atoms with E-state index in [0.29, 0.717) is 0 Å². The van der Waals surface area contributed by atoms with Crippen molar-refractivity contribution in [3.63, 3.8) is 0 Å². The van der Waals surface area contributed by atoms with Crippen LogP contribution in [0.15, 0.2) is 54.7 Å². The molecule has 2 aromatic carbocycles. The zero-order chi connectivity index (χ0) is 19.1. The summed E-state index contributed by atoms with van der Waals surface area (Å²) in [6.45, 7) is 5.23. The van der Waals surface area contributed by atoms with Gasteiger partial charge in [-0.2, -0.15) is 0 Å². The number of hydrogen-bond acceptors (Lipinski definition) is 2. The van der Waals surface area contributed by atoms with Gasteiger partial charge in [0.15, 0.2) is 0 Å². The molecule has 0 saturated heterocycles. The maximum atomic E-state index is 13.1. The van der Waals surface area contributed by atoms with Crippen molar-refractivity contribution >= 4 is 10.9 Å². The molecule has 1 aromatic heterocycles. The maximum absolute atomic E-state index is 13.1. The Kier molecular flexibility index (Phi) is 7.02. The lowest BCUT2D eigenvalue weighted by molar-refractivity contribution is 0.199. The SMILES string of the molecule is CCN(CCO)CCCCCc1ccc2c(ccn2-c2ccc(F)cc2)c1. The van der Waals surface area contributed by atoms with E-state index in [1.165, 1.54) is 42.3 Å². The summed E-state index contributed by atoms with van der Waals surface area (Å²) in [6, 6.07) is 15.3. The predicted octanol–water partition coefficient (Wildman–Crippen LogP) is 4.80. The lowest BCUT2D eigenvalue weighted by atomic mass is 10.1. The van der Waals surface area contributed by atoms with Gasteiger partial charge in [-0.1, -0.05) is 19.4 Å². The topological polar surface area (TPSA) is 28.4 Å². The Morgan fingerprint density at radius 3 is 2.52 bits per heavy atom. The predicted molar refractivity (Wildman–Crippen MR) is 110 cm³/mol. The lowest BCUT2D eigenvalue weighted by Gasteiger charge is -2.18. The number of aliphatic hydroxyl groups excluding tert-OH is 1. The van der Waals surface area contributed by atoms with Crippen molar-refractivity contribution in [3.05, 3.63) is 66.1 Å². The highest BCUT2D eigenvalue weighted by Gasteiger charge is 2.05. The molecule has 0 aliphatic rings. The van der Waals surface area contributed by atoms with Crippen LogP contribution in [0.1, 0.15) is 31.7 Å². The quantitative estimate of drug-likeness (QED) is 0.521. The molecule has 0 fully saturated rings. The van der Waals surface area contributed by atoms with E-state index in [-0.39, 0.29) is 12.4 Å². The van der Waals surface area contributed by atoms with Gasteiger partial charge in [-0.15, -0.1) is 0 Å². The van der Waals surface area contributed by atoms with Crippen molar-refractivity contribution in [1.82, 2.24) is 9.47 Å². The van der Waals surface area contributed by atoms with Crippen LogP contribution in [0.25, 0.3) is 16.6 Å². The number of aryl methyl sites for hydroxylation is 1. The number of aromatic nitrogens is 1. The first kappa shape index (κ1) is 19.6. The number of unbranched alkanes of at least 4 members (excludes halogenated alkanes) is 2. The molecule has 3 rings (SSSR count). The zero-order valence-electron chi connectivity index (χ0n) is 16.1. The van der Waals surface area contributed by atoms with Crippen LogP contribution in [-0.2, 0) is 6.42 Å². The Hall–Kier alpha value is -2.17. The fourth-order valence-corrected chi connectivity index (χ4v) is 3.59. The number of rotatable bonds is 10. The molecular weight excluding hydrogens is 339 g/mol. The average molecular weight is 368 g/mol. The highest BCUT2D eigenvalue weighted by Crippen LogP contribution is 2.23. The third kappa shape index (κ3) is 5.18. The number of nitrogens with zero attached hydrogens (tertiary/aromatic N) is 2. The normalized spacial score (nSPS) is 11.6. The van der Waals surface area contributed by atoms with Crippen molar-refractivity contribution in [2.75, 3.05) is 26.2 Å². The molecule has 0 aliphatic carbocycles. The van der Waals surface area contributed by atoms with E-state index < -0.39 is 0 Å². The van der Waals surface area contributed by atoms with Gasteiger partial charge < -0.3 is 14.6 Å². The molecule has 1 N–H and O–H groups in total. The molecular formula is C23H29FN2O. The number of likely N-dealkylation sites (N-methyl/N-ethyl adjacent to an activating group) is 1. The minimum atomic E-state index is -0.212. The van der Waals surface area contributed by atoms with Crippen molar-refractivity contribution in [3.8, 4) is 5.69 Å². The Balaban J connectivity index is 1.55. The van der Waals surface area contributed by atoms with Crippen molar-refractivity contribution in [2.45, 2.75) is 32.6 Å². The fourth-order valence-electron chi connectivity index (χ4n) is 3.59. The van der Waals surface area contributed by atoms with E-state index in [2.05, 4.69) is 40.7 Å². The first-order valence-electron chi connectivity index (χ1n) is 9.90. The number of aliphatic hydroxyl groups is 1. The molecule has 144 valence electrons. The molecule has 3 aromatic rings. The lowest BCUT2D eigenvalue weighted by Crippen LogP contribution is -2.27. The van der Waals surface area contributed by atoms with E-state index >= 15 is 0 Å². The molecule has 0 aliphatic heterocycles. The standard InChI is InChI=1S/C23H29FN2O/c1-2-25(16-17-27)14-5-3-4-6-19-7-12-23-20(18-19)13-15-26(23)22-10-8-21(24)9-11-22/h7-13,15,18,27H,2-6,14,16-17H2,1H3. The average Bonchev–Trinajstić information content (AvgIpc) is 3.10. The zero-order valence-corrected chi connectivity index (χ0v) is 16.1. The van der Waals surface area contributed by atoms with Crippen LogP contribution in [0.4, 0.5) is 4.39 Å². The van der Waals surface area contributed by atoms with Crippen LogP contribution in [-0.4, -0.2) is 40.8 Å². The van der Waals surface area contributed by atoms with Crippen molar-refractivity contribution in [2.24, 2.45) is 0 Å². The summed E-state index contributed by atoms with van der Waals surface area (Å²) >= 11 is 0. The molecule has 1 heterocycles. The Bertz CT molecular complexity index is 841. The molecule has 0 unspecified atom stereocenters. The van der Waals surface area contributed by atoms with Crippen LogP contribution < -0.4 is 0 Å². The molecule has 3 nitrogen and oxygen atoms in total. The van der Waals surface area contributed by atoms with Crippen LogP contribution in [0.5, 0.6) is 0 Å². The summed E-state index contributed by atoms with van der Waals surface area (Å²) in [5.74, 6) is -0.212. The Labute approximate surface area is 161 Å². The third-order valence-corrected chi connectivity index (χ3v) is 5.16.